The van der Waals surface area contributed by atoms with E-state index in [0.29, 0.717) is 17.5 Å². The molecule has 322 valence electrons. The number of fused-ring (bicyclic) bond motifs is 9. The SMILES string of the molecule is c1ccc(-c2nc(-c3cccc(-c4cccc5oc6ccc(-c7ccc8c(c7)c7ccccc7n8-c7ccccc7)cc6c45)c3)nc(-c3cccc4c3sc3c(-c5ccccc5)cccc34)n2)cc1. The fourth-order valence-electron chi connectivity index (χ4n) is 10.3. The van der Waals surface area contributed by atoms with Crippen LogP contribution in [-0.4, -0.2) is 19.5 Å². The molecule has 0 aliphatic carbocycles. The molecule has 14 aromatic rings. The molecule has 0 saturated carbocycles. The summed E-state index contributed by atoms with van der Waals surface area (Å²) < 4.78 is 11.3. The molecule has 69 heavy (non-hydrogen) atoms. The summed E-state index contributed by atoms with van der Waals surface area (Å²) in [4.78, 5) is 15.7. The number of rotatable bonds is 7. The Hall–Kier alpha value is -8.97. The first-order chi connectivity index (χ1) is 34.2. The van der Waals surface area contributed by atoms with Gasteiger partial charge in [0, 0.05) is 64.1 Å². The molecule has 5 nitrogen and oxygen atoms in total. The van der Waals surface area contributed by atoms with Crippen LogP contribution >= 0.6 is 11.3 Å². The summed E-state index contributed by atoms with van der Waals surface area (Å²) in [6.45, 7) is 0. The summed E-state index contributed by atoms with van der Waals surface area (Å²) in [7, 11) is 0. The second-order valence-electron chi connectivity index (χ2n) is 17.5. The fourth-order valence-corrected chi connectivity index (χ4v) is 11.6. The lowest BCUT2D eigenvalue weighted by molar-refractivity contribution is 0.669. The van der Waals surface area contributed by atoms with Gasteiger partial charge in [-0.25, -0.2) is 15.0 Å². The van der Waals surface area contributed by atoms with Gasteiger partial charge in [0.1, 0.15) is 11.2 Å². The van der Waals surface area contributed by atoms with Crippen molar-refractivity contribution in [3.63, 3.8) is 0 Å². The number of hydrogen-bond acceptors (Lipinski definition) is 5. The lowest BCUT2D eigenvalue weighted by atomic mass is 9.96. The van der Waals surface area contributed by atoms with E-state index >= 15 is 0 Å². The van der Waals surface area contributed by atoms with E-state index in [4.69, 9.17) is 19.4 Å². The highest BCUT2D eigenvalue weighted by Crippen LogP contribution is 2.45. The summed E-state index contributed by atoms with van der Waals surface area (Å²) in [5, 5.41) is 7.00. The number of benzene rings is 10. The average molecular weight is 899 g/mol. The molecule has 6 heteroatoms. The molecular weight excluding hydrogens is 861 g/mol. The first-order valence-electron chi connectivity index (χ1n) is 23.2. The number of para-hydroxylation sites is 2. The van der Waals surface area contributed by atoms with Gasteiger partial charge in [0.25, 0.3) is 0 Å². The zero-order valence-electron chi connectivity index (χ0n) is 37.0. The predicted molar refractivity (Wildman–Crippen MR) is 287 cm³/mol. The fraction of sp³-hybridized carbons (Fsp3) is 0. The standard InChI is InChI=1S/C63H38N4OS/c1-4-16-39(17-5-1)47-26-13-27-49-50-28-14-29-51(60(50)69-59(47)49)63-65-61(40-18-6-2-7-19-40)64-62(66-63)44-21-12-20-43(36-44)46-25-15-31-57-58(46)53-38-42(33-35-56(53)68-57)41-32-34-55-52(37-41)48-24-10-11-30-54(48)67(55)45-22-8-3-9-23-45/h1-38H. The van der Waals surface area contributed by atoms with Crippen molar-refractivity contribution in [3.8, 4) is 73.2 Å². The maximum absolute atomic E-state index is 6.58. The van der Waals surface area contributed by atoms with Crippen LogP contribution in [0.15, 0.2) is 235 Å². The molecule has 0 bridgehead atoms. The highest BCUT2D eigenvalue weighted by atomic mass is 32.1. The molecule has 14 rings (SSSR count). The minimum atomic E-state index is 0.610. The molecular formula is C63H38N4OS. The molecule has 0 amide bonds. The Morgan fingerprint density at radius 2 is 0.870 bits per heavy atom. The van der Waals surface area contributed by atoms with Crippen LogP contribution in [0, 0.1) is 0 Å². The van der Waals surface area contributed by atoms with Crippen molar-refractivity contribution in [2.75, 3.05) is 0 Å². The van der Waals surface area contributed by atoms with Crippen LogP contribution < -0.4 is 0 Å². The van der Waals surface area contributed by atoms with Gasteiger partial charge in [0.15, 0.2) is 17.5 Å². The Labute approximate surface area is 400 Å². The second-order valence-corrected chi connectivity index (χ2v) is 18.5. The first-order valence-corrected chi connectivity index (χ1v) is 24.0. The third-order valence-corrected chi connectivity index (χ3v) is 14.8. The minimum absolute atomic E-state index is 0.610. The molecule has 0 aliphatic rings. The van der Waals surface area contributed by atoms with E-state index < -0.39 is 0 Å². The summed E-state index contributed by atoms with van der Waals surface area (Å²) in [5.74, 6) is 1.88. The van der Waals surface area contributed by atoms with E-state index in [1.165, 1.54) is 48.4 Å². The Bertz CT molecular complexity index is 4310. The van der Waals surface area contributed by atoms with E-state index in [1.807, 2.05) is 18.2 Å². The van der Waals surface area contributed by atoms with Crippen molar-refractivity contribution < 1.29 is 4.42 Å². The highest BCUT2D eigenvalue weighted by Gasteiger charge is 2.20. The van der Waals surface area contributed by atoms with E-state index in [0.717, 1.165) is 71.3 Å². The van der Waals surface area contributed by atoms with Gasteiger partial charge in [-0.2, -0.15) is 0 Å². The average Bonchev–Trinajstić information content (AvgIpc) is 4.11. The molecule has 0 radical (unpaired) electrons. The molecule has 0 N–H and O–H groups in total. The number of thiophene rings is 1. The zero-order valence-corrected chi connectivity index (χ0v) is 37.9. The van der Waals surface area contributed by atoms with Crippen LogP contribution in [0.3, 0.4) is 0 Å². The van der Waals surface area contributed by atoms with Crippen molar-refractivity contribution in [2.24, 2.45) is 0 Å². The van der Waals surface area contributed by atoms with E-state index in [9.17, 15) is 0 Å². The quantitative estimate of drug-likeness (QED) is 0.160. The second kappa shape index (κ2) is 15.8. The maximum atomic E-state index is 6.58. The van der Waals surface area contributed by atoms with Gasteiger partial charge < -0.3 is 8.98 Å². The minimum Gasteiger partial charge on any atom is -0.456 e. The Morgan fingerprint density at radius 1 is 0.319 bits per heavy atom. The molecule has 0 aliphatic heterocycles. The van der Waals surface area contributed by atoms with Crippen LogP contribution in [-0.2, 0) is 0 Å². The van der Waals surface area contributed by atoms with E-state index in [2.05, 4.69) is 217 Å². The monoisotopic (exact) mass is 898 g/mol. The van der Waals surface area contributed by atoms with Gasteiger partial charge in [0.05, 0.1) is 11.0 Å². The van der Waals surface area contributed by atoms with Crippen LogP contribution in [0.1, 0.15) is 0 Å². The number of furan rings is 1. The summed E-state index contributed by atoms with van der Waals surface area (Å²) >= 11 is 1.80. The first kappa shape index (κ1) is 39.2. The summed E-state index contributed by atoms with van der Waals surface area (Å²) in [6, 6.07) is 81.5. The topological polar surface area (TPSA) is 56.7 Å². The molecule has 0 saturated heterocycles. The summed E-state index contributed by atoms with van der Waals surface area (Å²) in [6.07, 6.45) is 0. The predicted octanol–water partition coefficient (Wildman–Crippen LogP) is 17.2. The normalized spacial score (nSPS) is 11.8. The number of aromatic nitrogens is 4. The van der Waals surface area contributed by atoms with Crippen molar-refractivity contribution in [2.45, 2.75) is 0 Å². The molecule has 0 unspecified atom stereocenters. The lowest BCUT2D eigenvalue weighted by Crippen LogP contribution is -2.00. The molecule has 4 aromatic heterocycles. The largest absolute Gasteiger partial charge is 0.456 e. The van der Waals surface area contributed by atoms with Gasteiger partial charge in [-0.1, -0.05) is 170 Å². The van der Waals surface area contributed by atoms with E-state index in [1.54, 1.807) is 11.3 Å². The molecule has 0 atom stereocenters. The van der Waals surface area contributed by atoms with Gasteiger partial charge in [-0.3, -0.25) is 0 Å². The maximum Gasteiger partial charge on any atom is 0.165 e. The molecule has 10 aromatic carbocycles. The van der Waals surface area contributed by atoms with Crippen LogP contribution in [0.4, 0.5) is 0 Å². The Kier molecular flexibility index (Phi) is 9.00. The number of nitrogens with zero attached hydrogens (tertiary/aromatic N) is 4. The van der Waals surface area contributed by atoms with Crippen LogP contribution in [0.5, 0.6) is 0 Å². The van der Waals surface area contributed by atoms with Crippen molar-refractivity contribution in [1.82, 2.24) is 19.5 Å². The van der Waals surface area contributed by atoms with Crippen LogP contribution in [0.2, 0.25) is 0 Å². The van der Waals surface area contributed by atoms with Gasteiger partial charge >= 0.3 is 0 Å². The number of hydrogen-bond donors (Lipinski definition) is 0. The lowest BCUT2D eigenvalue weighted by Gasteiger charge is -2.11. The van der Waals surface area contributed by atoms with Gasteiger partial charge in [-0.15, -0.1) is 11.3 Å². The third-order valence-electron chi connectivity index (χ3n) is 13.5. The Morgan fingerprint density at radius 3 is 1.67 bits per heavy atom. The Balaban J connectivity index is 0.897. The summed E-state index contributed by atoms with van der Waals surface area (Å²) in [5.41, 5.74) is 14.8. The van der Waals surface area contributed by atoms with Gasteiger partial charge in [0.2, 0.25) is 0 Å². The van der Waals surface area contributed by atoms with Crippen LogP contribution in [0.25, 0.3) is 137 Å². The third kappa shape index (κ3) is 6.49. The molecule has 0 fully saturated rings. The van der Waals surface area contributed by atoms with Gasteiger partial charge in [-0.05, 0) is 94.0 Å². The zero-order chi connectivity index (χ0) is 45.4. The highest BCUT2D eigenvalue weighted by molar-refractivity contribution is 7.26. The van der Waals surface area contributed by atoms with Crippen molar-refractivity contribution >= 4 is 75.3 Å². The van der Waals surface area contributed by atoms with Crippen molar-refractivity contribution in [3.05, 3.63) is 231 Å². The smallest absolute Gasteiger partial charge is 0.165 e. The van der Waals surface area contributed by atoms with E-state index in [-0.39, 0.29) is 0 Å². The molecule has 0 spiro atoms. The molecule has 4 heterocycles. The van der Waals surface area contributed by atoms with Crippen molar-refractivity contribution in [1.29, 1.82) is 0 Å².